The van der Waals surface area contributed by atoms with Crippen LogP contribution in [-0.2, 0) is 6.54 Å². The lowest BCUT2D eigenvalue weighted by Crippen LogP contribution is -2.06. The van der Waals surface area contributed by atoms with Crippen LogP contribution in [0.3, 0.4) is 0 Å². The maximum atomic E-state index is 5.91. The molecule has 0 atom stereocenters. The highest BCUT2D eigenvalue weighted by molar-refractivity contribution is 6.30. The number of methoxy groups -OCH3 is 1. The Morgan fingerprint density at radius 2 is 1.80 bits per heavy atom. The Labute approximate surface area is 152 Å². The molecule has 0 amide bonds. The van der Waals surface area contributed by atoms with Gasteiger partial charge in [-0.2, -0.15) is 4.98 Å². The molecule has 0 aliphatic rings. The van der Waals surface area contributed by atoms with Crippen LogP contribution in [0, 0.1) is 6.92 Å². The molecule has 6 heteroatoms. The molecule has 5 nitrogen and oxygen atoms in total. The predicted molar refractivity (Wildman–Crippen MR) is 102 cm³/mol. The highest BCUT2D eigenvalue weighted by atomic mass is 35.5. The topological polar surface area (TPSA) is 59.1 Å². The maximum absolute atomic E-state index is 5.91. The van der Waals surface area contributed by atoms with Crippen molar-refractivity contribution >= 4 is 29.1 Å². The molecule has 0 spiro atoms. The quantitative estimate of drug-likeness (QED) is 0.665. The zero-order valence-electron chi connectivity index (χ0n) is 14.1. The van der Waals surface area contributed by atoms with Crippen molar-refractivity contribution in [1.82, 2.24) is 9.97 Å². The van der Waals surface area contributed by atoms with Crippen molar-refractivity contribution in [1.29, 1.82) is 0 Å². The lowest BCUT2D eigenvalue weighted by Gasteiger charge is -2.12. The Hall–Kier alpha value is -2.79. The first-order chi connectivity index (χ1) is 12.1. The summed E-state index contributed by atoms with van der Waals surface area (Å²) in [6, 6.07) is 17.2. The second-order valence-corrected chi connectivity index (χ2v) is 5.95. The third kappa shape index (κ3) is 4.61. The molecule has 3 aromatic rings. The summed E-state index contributed by atoms with van der Waals surface area (Å²) in [6.45, 7) is 2.55. The standard InChI is InChI=1S/C19H19ClN4O/c1-13-11-18(21-12-14-5-3-4-6-17(14)25-2)24-19(22-13)23-16-9-7-15(20)8-10-16/h3-11H,12H2,1-2H3,(H2,21,22,23,24). The lowest BCUT2D eigenvalue weighted by molar-refractivity contribution is 0.410. The highest BCUT2D eigenvalue weighted by Gasteiger charge is 2.05. The third-order valence-corrected chi connectivity index (χ3v) is 3.86. The first kappa shape index (κ1) is 17.0. The summed E-state index contributed by atoms with van der Waals surface area (Å²) in [5.41, 5.74) is 2.81. The molecule has 3 rings (SSSR count). The van der Waals surface area contributed by atoms with Crippen molar-refractivity contribution in [3.63, 3.8) is 0 Å². The van der Waals surface area contributed by atoms with E-state index in [1.807, 2.05) is 61.5 Å². The zero-order chi connectivity index (χ0) is 17.6. The smallest absolute Gasteiger partial charge is 0.229 e. The fraction of sp³-hybridized carbons (Fsp3) is 0.158. The van der Waals surface area contributed by atoms with E-state index in [2.05, 4.69) is 20.6 Å². The van der Waals surface area contributed by atoms with Gasteiger partial charge in [0.25, 0.3) is 0 Å². The number of aromatic nitrogens is 2. The van der Waals surface area contributed by atoms with Crippen molar-refractivity contribution in [2.24, 2.45) is 0 Å². The third-order valence-electron chi connectivity index (χ3n) is 3.61. The van der Waals surface area contributed by atoms with Gasteiger partial charge in [-0.15, -0.1) is 0 Å². The molecular weight excluding hydrogens is 336 g/mol. The normalized spacial score (nSPS) is 10.4. The first-order valence-electron chi connectivity index (χ1n) is 7.88. The largest absolute Gasteiger partial charge is 0.496 e. The second-order valence-electron chi connectivity index (χ2n) is 5.52. The minimum absolute atomic E-state index is 0.532. The number of ether oxygens (including phenoxy) is 1. The Bertz CT molecular complexity index is 852. The van der Waals surface area contributed by atoms with Crippen molar-refractivity contribution in [2.75, 3.05) is 17.7 Å². The van der Waals surface area contributed by atoms with Gasteiger partial charge in [0.2, 0.25) is 5.95 Å². The van der Waals surface area contributed by atoms with E-state index in [4.69, 9.17) is 16.3 Å². The zero-order valence-corrected chi connectivity index (χ0v) is 14.8. The summed E-state index contributed by atoms with van der Waals surface area (Å²) in [4.78, 5) is 8.94. The molecule has 0 saturated heterocycles. The van der Waals surface area contributed by atoms with E-state index < -0.39 is 0 Å². The summed E-state index contributed by atoms with van der Waals surface area (Å²) in [5.74, 6) is 2.13. The molecule has 0 fully saturated rings. The van der Waals surface area contributed by atoms with Crippen LogP contribution in [0.15, 0.2) is 54.6 Å². The number of hydrogen-bond acceptors (Lipinski definition) is 5. The summed E-state index contributed by atoms with van der Waals surface area (Å²) in [7, 11) is 1.67. The van der Waals surface area contributed by atoms with Crippen LogP contribution in [0.1, 0.15) is 11.3 Å². The molecule has 0 saturated carbocycles. The molecule has 1 aromatic heterocycles. The lowest BCUT2D eigenvalue weighted by atomic mass is 10.2. The fourth-order valence-corrected chi connectivity index (χ4v) is 2.54. The van der Waals surface area contributed by atoms with Crippen LogP contribution in [0.4, 0.5) is 17.5 Å². The molecule has 128 valence electrons. The van der Waals surface area contributed by atoms with Crippen molar-refractivity contribution in [3.8, 4) is 5.75 Å². The number of rotatable bonds is 6. The van der Waals surface area contributed by atoms with Gasteiger partial charge in [-0.3, -0.25) is 0 Å². The molecule has 0 aliphatic heterocycles. The van der Waals surface area contributed by atoms with Gasteiger partial charge in [-0.05, 0) is 37.3 Å². The van der Waals surface area contributed by atoms with Crippen LogP contribution in [0.5, 0.6) is 5.75 Å². The summed E-state index contributed by atoms with van der Waals surface area (Å²) >= 11 is 5.91. The van der Waals surface area contributed by atoms with E-state index in [9.17, 15) is 0 Å². The minimum atomic E-state index is 0.532. The van der Waals surface area contributed by atoms with Crippen LogP contribution in [-0.4, -0.2) is 17.1 Å². The molecule has 2 N–H and O–H groups in total. The first-order valence-corrected chi connectivity index (χ1v) is 8.26. The van der Waals surface area contributed by atoms with Crippen molar-refractivity contribution < 1.29 is 4.74 Å². The number of halogens is 1. The van der Waals surface area contributed by atoms with Crippen LogP contribution in [0.25, 0.3) is 0 Å². The van der Waals surface area contributed by atoms with Crippen LogP contribution >= 0.6 is 11.6 Å². The predicted octanol–water partition coefficient (Wildman–Crippen LogP) is 4.80. The van der Waals surface area contributed by atoms with Crippen molar-refractivity contribution in [2.45, 2.75) is 13.5 Å². The highest BCUT2D eigenvalue weighted by Crippen LogP contribution is 2.21. The Morgan fingerprint density at radius 3 is 2.56 bits per heavy atom. The van der Waals surface area contributed by atoms with E-state index in [-0.39, 0.29) is 0 Å². The Balaban J connectivity index is 1.74. The summed E-state index contributed by atoms with van der Waals surface area (Å²) in [5, 5.41) is 7.20. The fourth-order valence-electron chi connectivity index (χ4n) is 2.41. The summed E-state index contributed by atoms with van der Waals surface area (Å²) in [6.07, 6.45) is 0. The molecule has 0 unspecified atom stereocenters. The molecular formula is C19H19ClN4O. The minimum Gasteiger partial charge on any atom is -0.496 e. The summed E-state index contributed by atoms with van der Waals surface area (Å²) < 4.78 is 5.37. The van der Waals surface area contributed by atoms with Gasteiger partial charge < -0.3 is 15.4 Å². The van der Waals surface area contributed by atoms with E-state index in [0.717, 1.165) is 28.5 Å². The molecule has 0 radical (unpaired) electrons. The molecule has 2 aromatic carbocycles. The van der Waals surface area contributed by atoms with Crippen molar-refractivity contribution in [3.05, 3.63) is 70.9 Å². The average molecular weight is 355 g/mol. The molecule has 25 heavy (non-hydrogen) atoms. The van der Waals surface area contributed by atoms with Crippen LogP contribution < -0.4 is 15.4 Å². The molecule has 1 heterocycles. The maximum Gasteiger partial charge on any atom is 0.229 e. The number of benzene rings is 2. The Kier molecular flexibility index (Phi) is 5.36. The Morgan fingerprint density at radius 1 is 1.04 bits per heavy atom. The van der Waals surface area contributed by atoms with Crippen LogP contribution in [0.2, 0.25) is 5.02 Å². The number of hydrogen-bond donors (Lipinski definition) is 2. The van der Waals surface area contributed by atoms with Gasteiger partial charge in [0.15, 0.2) is 0 Å². The van der Waals surface area contributed by atoms with E-state index in [1.165, 1.54) is 0 Å². The van der Waals surface area contributed by atoms with E-state index in [0.29, 0.717) is 17.5 Å². The van der Waals surface area contributed by atoms with Gasteiger partial charge in [0.05, 0.1) is 7.11 Å². The number of nitrogens with one attached hydrogen (secondary N) is 2. The SMILES string of the molecule is COc1ccccc1CNc1cc(C)nc(Nc2ccc(Cl)cc2)n1. The van der Waals surface area contributed by atoms with Gasteiger partial charge in [-0.25, -0.2) is 4.98 Å². The van der Waals surface area contributed by atoms with Gasteiger partial charge in [0.1, 0.15) is 11.6 Å². The molecule has 0 aliphatic carbocycles. The van der Waals surface area contributed by atoms with Gasteiger partial charge in [-0.1, -0.05) is 29.8 Å². The van der Waals surface area contributed by atoms with E-state index in [1.54, 1.807) is 7.11 Å². The number of anilines is 3. The van der Waals surface area contributed by atoms with E-state index >= 15 is 0 Å². The number of aryl methyl sites for hydroxylation is 1. The average Bonchev–Trinajstić information content (AvgIpc) is 2.62. The monoisotopic (exact) mass is 354 g/mol. The number of nitrogens with zero attached hydrogens (tertiary/aromatic N) is 2. The molecule has 0 bridgehead atoms. The van der Waals surface area contributed by atoms with Gasteiger partial charge in [0, 0.05) is 34.6 Å². The van der Waals surface area contributed by atoms with Gasteiger partial charge >= 0.3 is 0 Å². The second kappa shape index (κ2) is 7.85. The number of para-hydroxylation sites is 1.